The van der Waals surface area contributed by atoms with Crippen LogP contribution in [0, 0.1) is 6.92 Å². The van der Waals surface area contributed by atoms with Crippen LogP contribution in [0.5, 0.6) is 0 Å². The van der Waals surface area contributed by atoms with Crippen LogP contribution in [0.4, 0.5) is 0 Å². The first-order valence-corrected chi connectivity index (χ1v) is 9.67. The highest BCUT2D eigenvalue weighted by molar-refractivity contribution is 8.00. The van der Waals surface area contributed by atoms with E-state index in [0.717, 1.165) is 16.7 Å². The Morgan fingerprint density at radius 1 is 1.22 bits per heavy atom. The van der Waals surface area contributed by atoms with Crippen LogP contribution >= 0.6 is 23.4 Å². The second-order valence-electron chi connectivity index (χ2n) is 6.11. The van der Waals surface area contributed by atoms with Gasteiger partial charge in [0.25, 0.3) is 0 Å². The van der Waals surface area contributed by atoms with Crippen LogP contribution < -0.4 is 11.2 Å². The molecule has 0 aliphatic rings. The summed E-state index contributed by atoms with van der Waals surface area (Å²) in [5.41, 5.74) is 2.90. The number of benzene rings is 2. The molecule has 0 fully saturated rings. The molecule has 1 unspecified atom stereocenters. The van der Waals surface area contributed by atoms with Crippen LogP contribution in [0.3, 0.4) is 0 Å². The lowest BCUT2D eigenvalue weighted by Crippen LogP contribution is -2.31. The number of rotatable bonds is 6. The van der Waals surface area contributed by atoms with Crippen molar-refractivity contribution in [1.29, 1.82) is 0 Å². The lowest BCUT2D eigenvalue weighted by molar-refractivity contribution is -0.120. The Morgan fingerprint density at radius 3 is 2.63 bits per heavy atom. The summed E-state index contributed by atoms with van der Waals surface area (Å²) in [5.74, 6) is 6.56. The van der Waals surface area contributed by atoms with E-state index in [-0.39, 0.29) is 11.2 Å². The molecule has 0 saturated heterocycles. The van der Waals surface area contributed by atoms with Gasteiger partial charge in [-0.1, -0.05) is 71.4 Å². The summed E-state index contributed by atoms with van der Waals surface area (Å²) in [5, 5.41) is 11.9. The Hall–Kier alpha value is -2.51. The van der Waals surface area contributed by atoms with Crippen molar-refractivity contribution in [3.8, 4) is 11.4 Å². The van der Waals surface area contributed by atoms with Gasteiger partial charge in [-0.2, -0.15) is 0 Å². The number of aryl methyl sites for hydroxylation is 1. The predicted octanol–water partition coefficient (Wildman–Crippen LogP) is 3.42. The highest BCUT2D eigenvalue weighted by Gasteiger charge is 2.20. The zero-order chi connectivity index (χ0) is 19.4. The van der Waals surface area contributed by atoms with Crippen LogP contribution in [0.2, 0.25) is 5.02 Å². The summed E-state index contributed by atoms with van der Waals surface area (Å²) in [6.45, 7) is 4.18. The molecular formula is C19H20ClN5OS. The molecule has 1 heterocycles. The van der Waals surface area contributed by atoms with E-state index >= 15 is 0 Å². The van der Waals surface area contributed by atoms with Crippen molar-refractivity contribution in [2.45, 2.75) is 30.8 Å². The number of amides is 1. The Bertz CT molecular complexity index is 942. The zero-order valence-electron chi connectivity index (χ0n) is 15.0. The molecule has 0 bridgehead atoms. The normalized spacial score (nSPS) is 12.0. The molecule has 3 aromatic rings. The average Bonchev–Trinajstić information content (AvgIpc) is 3.02. The van der Waals surface area contributed by atoms with E-state index in [0.29, 0.717) is 22.5 Å². The van der Waals surface area contributed by atoms with Crippen molar-refractivity contribution in [2.24, 2.45) is 0 Å². The molecule has 0 aliphatic heterocycles. The lowest BCUT2D eigenvalue weighted by Gasteiger charge is -2.12. The minimum absolute atomic E-state index is 0.125. The van der Waals surface area contributed by atoms with Gasteiger partial charge >= 0.3 is 0 Å². The van der Waals surface area contributed by atoms with Gasteiger partial charge in [0.05, 0.1) is 5.25 Å². The predicted molar refractivity (Wildman–Crippen MR) is 109 cm³/mol. The number of nitrogens with zero attached hydrogens (tertiary/aromatic N) is 3. The van der Waals surface area contributed by atoms with E-state index in [1.54, 1.807) is 13.0 Å². The fourth-order valence-electron chi connectivity index (χ4n) is 2.44. The molecule has 140 valence electrons. The van der Waals surface area contributed by atoms with Crippen molar-refractivity contribution < 1.29 is 4.79 Å². The SMILES string of the molecule is Cc1ccc(-c2nnc(SC(C)C(=O)NCc3ccccc3Cl)n2N)cc1. The highest BCUT2D eigenvalue weighted by atomic mass is 35.5. The molecule has 1 atom stereocenters. The number of thioether (sulfide) groups is 1. The monoisotopic (exact) mass is 401 g/mol. The lowest BCUT2D eigenvalue weighted by atomic mass is 10.1. The molecule has 1 aromatic heterocycles. The third kappa shape index (κ3) is 4.61. The summed E-state index contributed by atoms with van der Waals surface area (Å²) < 4.78 is 1.41. The van der Waals surface area contributed by atoms with E-state index < -0.39 is 0 Å². The average molecular weight is 402 g/mol. The summed E-state index contributed by atoms with van der Waals surface area (Å²) in [7, 11) is 0. The summed E-state index contributed by atoms with van der Waals surface area (Å²) in [6.07, 6.45) is 0. The maximum absolute atomic E-state index is 12.4. The number of nitrogen functional groups attached to an aromatic ring is 1. The number of nitrogens with one attached hydrogen (secondary N) is 1. The van der Waals surface area contributed by atoms with Crippen LogP contribution in [-0.2, 0) is 11.3 Å². The maximum Gasteiger partial charge on any atom is 0.233 e. The Kier molecular flexibility index (Phi) is 6.03. The van der Waals surface area contributed by atoms with Gasteiger partial charge in [-0.15, -0.1) is 10.2 Å². The fourth-order valence-corrected chi connectivity index (χ4v) is 3.43. The first-order chi connectivity index (χ1) is 13.0. The van der Waals surface area contributed by atoms with Crippen LogP contribution in [0.15, 0.2) is 53.7 Å². The van der Waals surface area contributed by atoms with Crippen molar-refractivity contribution in [1.82, 2.24) is 20.2 Å². The molecule has 8 heteroatoms. The Morgan fingerprint density at radius 2 is 1.93 bits per heavy atom. The number of nitrogens with two attached hydrogens (primary N) is 1. The number of carbonyl (C=O) groups excluding carboxylic acids is 1. The van der Waals surface area contributed by atoms with Crippen molar-refractivity contribution in [3.63, 3.8) is 0 Å². The van der Waals surface area contributed by atoms with Gasteiger partial charge < -0.3 is 11.2 Å². The molecule has 0 radical (unpaired) electrons. The summed E-state index contributed by atoms with van der Waals surface area (Å²) in [6, 6.07) is 15.3. The van der Waals surface area contributed by atoms with Gasteiger partial charge in [-0.25, -0.2) is 4.68 Å². The number of halogens is 1. The van der Waals surface area contributed by atoms with Crippen molar-refractivity contribution in [3.05, 3.63) is 64.7 Å². The maximum atomic E-state index is 12.4. The van der Waals surface area contributed by atoms with Crippen LogP contribution in [-0.4, -0.2) is 26.0 Å². The van der Waals surface area contributed by atoms with Crippen molar-refractivity contribution in [2.75, 3.05) is 5.84 Å². The summed E-state index contributed by atoms with van der Waals surface area (Å²) in [4.78, 5) is 12.4. The largest absolute Gasteiger partial charge is 0.351 e. The van der Waals surface area contributed by atoms with Gasteiger partial charge in [0.2, 0.25) is 11.1 Å². The van der Waals surface area contributed by atoms with Crippen LogP contribution in [0.1, 0.15) is 18.1 Å². The molecule has 1 amide bonds. The molecule has 6 nitrogen and oxygen atoms in total. The minimum Gasteiger partial charge on any atom is -0.351 e. The number of hydrogen-bond donors (Lipinski definition) is 2. The molecule has 2 aromatic carbocycles. The van der Waals surface area contributed by atoms with Gasteiger partial charge in [0.1, 0.15) is 0 Å². The second-order valence-corrected chi connectivity index (χ2v) is 7.83. The topological polar surface area (TPSA) is 85.8 Å². The van der Waals surface area contributed by atoms with E-state index in [9.17, 15) is 4.79 Å². The minimum atomic E-state index is -0.384. The molecule has 0 saturated carbocycles. The fraction of sp³-hybridized carbons (Fsp3) is 0.211. The van der Waals surface area contributed by atoms with E-state index in [1.165, 1.54) is 16.4 Å². The molecule has 27 heavy (non-hydrogen) atoms. The third-order valence-corrected chi connectivity index (χ3v) is 5.46. The van der Waals surface area contributed by atoms with Gasteiger partial charge in [0, 0.05) is 17.1 Å². The summed E-state index contributed by atoms with van der Waals surface area (Å²) >= 11 is 7.37. The highest BCUT2D eigenvalue weighted by Crippen LogP contribution is 2.25. The van der Waals surface area contributed by atoms with E-state index in [1.807, 2.05) is 49.4 Å². The first kappa shape index (κ1) is 19.3. The van der Waals surface area contributed by atoms with E-state index in [2.05, 4.69) is 15.5 Å². The Balaban J connectivity index is 1.64. The number of hydrogen-bond acceptors (Lipinski definition) is 5. The Labute approximate surface area is 167 Å². The number of carbonyl (C=O) groups is 1. The molecular weight excluding hydrogens is 382 g/mol. The molecule has 0 spiro atoms. The van der Waals surface area contributed by atoms with Gasteiger partial charge in [-0.05, 0) is 25.5 Å². The quantitative estimate of drug-likeness (QED) is 0.488. The van der Waals surface area contributed by atoms with Crippen LogP contribution in [0.25, 0.3) is 11.4 Å². The standard InChI is InChI=1S/C19H20ClN5OS/c1-12-7-9-14(10-8-12)17-23-24-19(25(17)21)27-13(2)18(26)22-11-15-5-3-4-6-16(15)20/h3-10,13H,11,21H2,1-2H3,(H,22,26). The molecule has 3 rings (SSSR count). The third-order valence-electron chi connectivity index (χ3n) is 4.04. The molecule has 0 aliphatic carbocycles. The smallest absolute Gasteiger partial charge is 0.233 e. The zero-order valence-corrected chi connectivity index (χ0v) is 16.6. The van der Waals surface area contributed by atoms with Gasteiger partial charge in [0.15, 0.2) is 5.82 Å². The second kappa shape index (κ2) is 8.45. The van der Waals surface area contributed by atoms with E-state index in [4.69, 9.17) is 17.4 Å². The number of aromatic nitrogens is 3. The molecule has 3 N–H and O–H groups in total. The van der Waals surface area contributed by atoms with Gasteiger partial charge in [-0.3, -0.25) is 4.79 Å². The van der Waals surface area contributed by atoms with Crippen molar-refractivity contribution >= 4 is 29.3 Å². The first-order valence-electron chi connectivity index (χ1n) is 8.41.